The molecule has 4 rings (SSSR count). The summed E-state index contributed by atoms with van der Waals surface area (Å²) in [5.41, 5.74) is 4.25. The quantitative estimate of drug-likeness (QED) is 0.359. The Balaban J connectivity index is 1.81. The molecular weight excluding hydrogens is 410 g/mol. The average molecular weight is 434 g/mol. The van der Waals surface area contributed by atoms with Crippen LogP contribution < -0.4 is 0 Å². The van der Waals surface area contributed by atoms with Gasteiger partial charge in [-0.2, -0.15) is 4.36 Å². The van der Waals surface area contributed by atoms with Crippen molar-refractivity contribution in [1.82, 2.24) is 9.97 Å². The third kappa shape index (κ3) is 4.35. The molecule has 4 aromatic rings. The Morgan fingerprint density at radius 3 is 2.53 bits per heavy atom. The van der Waals surface area contributed by atoms with Crippen LogP contribution in [0.4, 0.5) is 5.82 Å². The Bertz CT molecular complexity index is 1300. The Kier molecular flexibility index (Phi) is 5.79. The van der Waals surface area contributed by atoms with Crippen molar-refractivity contribution in [2.75, 3.05) is 6.26 Å². The summed E-state index contributed by atoms with van der Waals surface area (Å²) in [4.78, 5) is 11.0. The van der Waals surface area contributed by atoms with Crippen LogP contribution in [0.25, 0.3) is 21.7 Å². The number of benzene rings is 2. The van der Waals surface area contributed by atoms with Gasteiger partial charge in [-0.1, -0.05) is 48.9 Å². The molecule has 0 amide bonds. The number of pyridine rings is 1. The van der Waals surface area contributed by atoms with E-state index in [1.807, 2.05) is 42.5 Å². The molecule has 0 N–H and O–H groups in total. The van der Waals surface area contributed by atoms with Gasteiger partial charge in [-0.3, -0.25) is 0 Å². The lowest BCUT2D eigenvalue weighted by atomic mass is 10.1. The van der Waals surface area contributed by atoms with Crippen LogP contribution >= 0.6 is 11.3 Å². The van der Waals surface area contributed by atoms with Crippen molar-refractivity contribution >= 4 is 26.9 Å². The monoisotopic (exact) mass is 433 g/mol. The molecule has 0 aliphatic rings. The molecule has 30 heavy (non-hydrogen) atoms. The molecule has 2 aromatic heterocycles. The van der Waals surface area contributed by atoms with Crippen molar-refractivity contribution in [3.63, 3.8) is 0 Å². The third-order valence-corrected chi connectivity index (χ3v) is 7.65. The highest BCUT2D eigenvalue weighted by molar-refractivity contribution is 7.93. The van der Waals surface area contributed by atoms with Crippen LogP contribution in [0.2, 0.25) is 0 Å². The van der Waals surface area contributed by atoms with E-state index >= 15 is 0 Å². The average Bonchev–Trinajstić information content (AvgIpc) is 3.19. The lowest BCUT2D eigenvalue weighted by Crippen LogP contribution is -1.96. The minimum absolute atomic E-state index is 0.463. The number of hydrogen-bond acceptors (Lipinski definition) is 5. The number of aromatic nitrogens is 2. The Morgan fingerprint density at radius 2 is 1.80 bits per heavy atom. The third-order valence-electron chi connectivity index (χ3n) is 4.72. The fraction of sp³-hybridized carbons (Fsp3) is 0.167. The van der Waals surface area contributed by atoms with Gasteiger partial charge in [-0.15, -0.1) is 11.3 Å². The zero-order valence-electron chi connectivity index (χ0n) is 17.2. The molecule has 0 saturated heterocycles. The van der Waals surface area contributed by atoms with E-state index in [2.05, 4.69) is 47.5 Å². The van der Waals surface area contributed by atoms with Gasteiger partial charge < -0.3 is 0 Å². The molecule has 0 saturated carbocycles. The molecule has 0 aliphatic heterocycles. The normalized spacial score (nSPS) is 13.0. The van der Waals surface area contributed by atoms with Crippen LogP contribution in [0.5, 0.6) is 0 Å². The highest BCUT2D eigenvalue weighted by Gasteiger charge is 2.15. The summed E-state index contributed by atoms with van der Waals surface area (Å²) in [5, 5.41) is 1.08. The summed E-state index contributed by atoms with van der Waals surface area (Å²) in [6.07, 6.45) is 4.25. The molecule has 6 heteroatoms. The molecule has 2 heterocycles. The van der Waals surface area contributed by atoms with E-state index in [4.69, 9.17) is 4.98 Å². The second-order valence-corrected chi connectivity index (χ2v) is 10.5. The van der Waals surface area contributed by atoms with Gasteiger partial charge >= 0.3 is 0 Å². The van der Waals surface area contributed by atoms with Crippen molar-refractivity contribution in [3.05, 3.63) is 83.5 Å². The Morgan fingerprint density at radius 1 is 1.00 bits per heavy atom. The summed E-state index contributed by atoms with van der Waals surface area (Å²) in [6.45, 7) is 4.20. The molecule has 0 fully saturated rings. The molecule has 0 spiro atoms. The second kappa shape index (κ2) is 8.50. The molecule has 2 aromatic carbocycles. The first-order valence-electron chi connectivity index (χ1n) is 9.76. The predicted molar refractivity (Wildman–Crippen MR) is 126 cm³/mol. The van der Waals surface area contributed by atoms with Gasteiger partial charge in [0.25, 0.3) is 0 Å². The maximum atomic E-state index is 13.2. The zero-order valence-corrected chi connectivity index (χ0v) is 18.8. The van der Waals surface area contributed by atoms with Crippen LogP contribution in [0.3, 0.4) is 0 Å². The van der Waals surface area contributed by atoms with Gasteiger partial charge in [-0.05, 0) is 49.2 Å². The highest BCUT2D eigenvalue weighted by Crippen LogP contribution is 2.38. The Hall–Kier alpha value is -2.83. The largest absolute Gasteiger partial charge is 0.245 e. The van der Waals surface area contributed by atoms with E-state index in [1.54, 1.807) is 23.8 Å². The van der Waals surface area contributed by atoms with Gasteiger partial charge in [0.15, 0.2) is 5.82 Å². The van der Waals surface area contributed by atoms with E-state index in [9.17, 15) is 4.21 Å². The number of hydrogen-bond donors (Lipinski definition) is 0. The summed E-state index contributed by atoms with van der Waals surface area (Å²) in [7, 11) is -2.58. The smallest absolute Gasteiger partial charge is 0.162 e. The summed E-state index contributed by atoms with van der Waals surface area (Å²) in [6, 6.07) is 21.6. The molecule has 4 nitrogen and oxygen atoms in total. The van der Waals surface area contributed by atoms with Gasteiger partial charge in [-0.25, -0.2) is 14.2 Å². The molecule has 1 atom stereocenters. The molecule has 0 unspecified atom stereocenters. The summed E-state index contributed by atoms with van der Waals surface area (Å²) < 4.78 is 17.7. The van der Waals surface area contributed by atoms with Crippen molar-refractivity contribution in [2.24, 2.45) is 4.36 Å². The van der Waals surface area contributed by atoms with Gasteiger partial charge in [0, 0.05) is 22.9 Å². The van der Waals surface area contributed by atoms with Crippen LogP contribution in [-0.2, 0) is 16.1 Å². The van der Waals surface area contributed by atoms with E-state index in [1.165, 1.54) is 5.56 Å². The lowest BCUT2D eigenvalue weighted by Gasteiger charge is -2.06. The Labute approximate surface area is 181 Å². The van der Waals surface area contributed by atoms with Gasteiger partial charge in [0.2, 0.25) is 0 Å². The standard InChI is InChI=1S/C24H23N3OS2/c1-4-22-26-23(18-10-8-9-17(2)15-18)24(29-22)19-13-14-25-21(16-19)27-30(3,28)20-11-6-5-7-12-20/h5-16H,4H2,1-3H3/t30-/m0/s1. The number of aryl methyl sites for hydroxylation is 2. The van der Waals surface area contributed by atoms with E-state index < -0.39 is 9.73 Å². The van der Waals surface area contributed by atoms with Crippen LogP contribution in [-0.4, -0.2) is 20.4 Å². The minimum Gasteiger partial charge on any atom is -0.245 e. The second-order valence-electron chi connectivity index (χ2n) is 7.12. The summed E-state index contributed by atoms with van der Waals surface area (Å²) in [5.74, 6) is 0.463. The van der Waals surface area contributed by atoms with E-state index in [-0.39, 0.29) is 0 Å². The maximum Gasteiger partial charge on any atom is 0.162 e. The van der Waals surface area contributed by atoms with E-state index in [0.29, 0.717) is 10.7 Å². The molecule has 0 radical (unpaired) electrons. The topological polar surface area (TPSA) is 55.2 Å². The van der Waals surface area contributed by atoms with Crippen molar-refractivity contribution in [1.29, 1.82) is 0 Å². The number of thiazole rings is 1. The zero-order chi connectivity index (χ0) is 21.1. The number of nitrogens with zero attached hydrogens (tertiary/aromatic N) is 3. The molecule has 152 valence electrons. The van der Waals surface area contributed by atoms with Crippen LogP contribution in [0, 0.1) is 6.92 Å². The van der Waals surface area contributed by atoms with Gasteiger partial charge in [0.1, 0.15) is 0 Å². The maximum absolute atomic E-state index is 13.2. The molecular formula is C24H23N3OS2. The van der Waals surface area contributed by atoms with Crippen molar-refractivity contribution < 1.29 is 4.21 Å². The first-order chi connectivity index (χ1) is 14.5. The van der Waals surface area contributed by atoms with E-state index in [0.717, 1.165) is 33.1 Å². The fourth-order valence-corrected chi connectivity index (χ4v) is 5.46. The number of rotatable bonds is 5. The van der Waals surface area contributed by atoms with Crippen LogP contribution in [0.15, 0.2) is 82.2 Å². The van der Waals surface area contributed by atoms with Crippen LogP contribution in [0.1, 0.15) is 17.5 Å². The van der Waals surface area contributed by atoms with Gasteiger partial charge in [0.05, 0.1) is 25.3 Å². The van der Waals surface area contributed by atoms with Crippen molar-refractivity contribution in [2.45, 2.75) is 25.2 Å². The lowest BCUT2D eigenvalue weighted by molar-refractivity contribution is 0.680. The fourth-order valence-electron chi connectivity index (χ4n) is 3.21. The first kappa shape index (κ1) is 20.4. The predicted octanol–water partition coefficient (Wildman–Crippen LogP) is 6.53. The minimum atomic E-state index is -2.58. The first-order valence-corrected chi connectivity index (χ1v) is 12.5. The molecule has 0 bridgehead atoms. The molecule has 0 aliphatic carbocycles. The highest BCUT2D eigenvalue weighted by atomic mass is 32.2. The SMILES string of the molecule is CCc1nc(-c2cccc(C)c2)c(-c2ccnc(N=[S@@](C)(=O)c3ccccc3)c2)s1. The summed E-state index contributed by atoms with van der Waals surface area (Å²) >= 11 is 1.68. The van der Waals surface area contributed by atoms with Crippen molar-refractivity contribution in [3.8, 4) is 21.7 Å².